The van der Waals surface area contributed by atoms with Gasteiger partial charge in [0.05, 0.1) is 13.2 Å². The van der Waals surface area contributed by atoms with Gasteiger partial charge in [0, 0.05) is 19.4 Å². The number of rotatable bonds is 48. The highest BCUT2D eigenvalue weighted by Gasteiger charge is 2.16. The molecule has 0 aliphatic heterocycles. The standard InChI is InChI=1S/C52H103N3O6/c1-6-8-10-12-14-16-18-20-22-24-26-28-30-32-41-50(56)59-47-36-39-49(61-52(58)53-43-38-46-55(5)45-35-34-44-54(3)4)40-37-48-60-51(57)42-33-31-29-27-25-23-21-19-17-15-13-11-9-7-2/h49H,6-48H2,1-5H3,(H,53,58). The lowest BCUT2D eigenvalue weighted by atomic mass is 10.0. The van der Waals surface area contributed by atoms with Gasteiger partial charge in [-0.3, -0.25) is 9.59 Å². The van der Waals surface area contributed by atoms with Gasteiger partial charge in [0.15, 0.2) is 0 Å². The van der Waals surface area contributed by atoms with Crippen molar-refractivity contribution in [2.75, 3.05) is 60.5 Å². The molecule has 362 valence electrons. The molecule has 0 rings (SSSR count). The summed E-state index contributed by atoms with van der Waals surface area (Å²) in [5.74, 6) is -0.273. The van der Waals surface area contributed by atoms with Gasteiger partial charge in [-0.05, 0) is 98.6 Å². The van der Waals surface area contributed by atoms with Crippen LogP contribution in [0.5, 0.6) is 0 Å². The topological polar surface area (TPSA) is 97.4 Å². The Hall–Kier alpha value is -1.87. The van der Waals surface area contributed by atoms with Crippen LogP contribution in [0, 0.1) is 0 Å². The molecule has 0 unspecified atom stereocenters. The Morgan fingerprint density at radius 2 is 0.770 bits per heavy atom. The van der Waals surface area contributed by atoms with E-state index >= 15 is 0 Å². The number of hydrogen-bond donors (Lipinski definition) is 1. The van der Waals surface area contributed by atoms with E-state index in [1.54, 1.807) is 0 Å². The van der Waals surface area contributed by atoms with Crippen LogP contribution in [-0.4, -0.2) is 94.5 Å². The van der Waals surface area contributed by atoms with Crippen LogP contribution < -0.4 is 5.32 Å². The number of nitrogens with one attached hydrogen (secondary N) is 1. The van der Waals surface area contributed by atoms with E-state index in [0.717, 1.165) is 58.2 Å². The Balaban J connectivity index is 4.29. The molecule has 0 bridgehead atoms. The summed E-state index contributed by atoms with van der Waals surface area (Å²) in [7, 11) is 6.34. The van der Waals surface area contributed by atoms with Crippen LogP contribution in [0.4, 0.5) is 4.79 Å². The minimum Gasteiger partial charge on any atom is -0.466 e. The number of esters is 2. The van der Waals surface area contributed by atoms with Crippen molar-refractivity contribution in [3.05, 3.63) is 0 Å². The lowest BCUT2D eigenvalue weighted by molar-refractivity contribution is -0.144. The maximum atomic E-state index is 12.8. The highest BCUT2D eigenvalue weighted by atomic mass is 16.6. The first kappa shape index (κ1) is 59.1. The molecule has 61 heavy (non-hydrogen) atoms. The summed E-state index contributed by atoms with van der Waals surface area (Å²) in [6, 6.07) is 0. The van der Waals surface area contributed by atoms with Crippen LogP contribution in [0.2, 0.25) is 0 Å². The molecule has 0 fully saturated rings. The van der Waals surface area contributed by atoms with E-state index in [4.69, 9.17) is 14.2 Å². The molecule has 1 amide bonds. The van der Waals surface area contributed by atoms with Crippen LogP contribution in [-0.2, 0) is 23.8 Å². The maximum Gasteiger partial charge on any atom is 0.407 e. The molecular weight excluding hydrogens is 763 g/mol. The average Bonchev–Trinajstić information content (AvgIpc) is 3.24. The molecule has 0 atom stereocenters. The molecule has 0 radical (unpaired) electrons. The smallest absolute Gasteiger partial charge is 0.407 e. The quantitative estimate of drug-likeness (QED) is 0.0367. The van der Waals surface area contributed by atoms with Crippen molar-refractivity contribution in [2.45, 2.75) is 258 Å². The molecule has 9 nitrogen and oxygen atoms in total. The van der Waals surface area contributed by atoms with E-state index in [-0.39, 0.29) is 18.0 Å². The van der Waals surface area contributed by atoms with E-state index in [1.807, 2.05) is 0 Å². The zero-order valence-corrected chi connectivity index (χ0v) is 41.3. The Bertz CT molecular complexity index is 898. The van der Waals surface area contributed by atoms with Crippen molar-refractivity contribution in [3.8, 4) is 0 Å². The molecule has 0 aliphatic rings. The second kappa shape index (κ2) is 47.6. The normalized spacial score (nSPS) is 11.5. The number of ether oxygens (including phenoxy) is 3. The second-order valence-corrected chi connectivity index (χ2v) is 18.5. The van der Waals surface area contributed by atoms with Crippen LogP contribution in [0.15, 0.2) is 0 Å². The number of amides is 1. The Kier molecular flexibility index (Phi) is 46.1. The first-order chi connectivity index (χ1) is 29.8. The molecule has 0 aromatic carbocycles. The zero-order valence-electron chi connectivity index (χ0n) is 41.3. The largest absolute Gasteiger partial charge is 0.466 e. The number of hydrogen-bond acceptors (Lipinski definition) is 8. The predicted molar refractivity (Wildman–Crippen MR) is 258 cm³/mol. The SMILES string of the molecule is CCCCCCCCCCCCCCCCC(=O)OCCCC(CCCOC(=O)CCCCCCCCCCCCCCCC)OC(=O)NCCCN(C)CCCCN(C)C. The first-order valence-corrected chi connectivity index (χ1v) is 26.4. The summed E-state index contributed by atoms with van der Waals surface area (Å²) >= 11 is 0. The molecule has 0 aromatic rings. The van der Waals surface area contributed by atoms with Crippen molar-refractivity contribution in [1.29, 1.82) is 0 Å². The molecule has 1 N–H and O–H groups in total. The number of carbonyl (C=O) groups excluding carboxylic acids is 3. The third kappa shape index (κ3) is 47.4. The van der Waals surface area contributed by atoms with Gasteiger partial charge in [0.2, 0.25) is 0 Å². The van der Waals surface area contributed by atoms with E-state index in [9.17, 15) is 14.4 Å². The number of carbonyl (C=O) groups is 3. The molecule has 0 heterocycles. The van der Waals surface area contributed by atoms with Crippen LogP contribution in [0.25, 0.3) is 0 Å². The third-order valence-electron chi connectivity index (χ3n) is 12.0. The summed E-state index contributed by atoms with van der Waals surface area (Å²) in [6.07, 6.45) is 42.0. The lowest BCUT2D eigenvalue weighted by Crippen LogP contribution is -2.32. The van der Waals surface area contributed by atoms with E-state index < -0.39 is 6.09 Å². The van der Waals surface area contributed by atoms with Crippen molar-refractivity contribution in [2.24, 2.45) is 0 Å². The summed E-state index contributed by atoms with van der Waals surface area (Å²) in [5.41, 5.74) is 0. The fraction of sp³-hybridized carbons (Fsp3) is 0.942. The number of alkyl carbamates (subject to hydrolysis) is 1. The molecule has 0 aliphatic carbocycles. The zero-order chi connectivity index (χ0) is 44.7. The average molecular weight is 866 g/mol. The minimum absolute atomic E-state index is 0.137. The molecule has 0 saturated carbocycles. The highest BCUT2D eigenvalue weighted by molar-refractivity contribution is 5.69. The van der Waals surface area contributed by atoms with E-state index in [0.29, 0.717) is 58.3 Å². The molecule has 0 spiro atoms. The van der Waals surface area contributed by atoms with Gasteiger partial charge in [-0.1, -0.05) is 181 Å². The fourth-order valence-corrected chi connectivity index (χ4v) is 7.98. The second-order valence-electron chi connectivity index (χ2n) is 18.5. The predicted octanol–water partition coefficient (Wildman–Crippen LogP) is 14.1. The Morgan fingerprint density at radius 1 is 0.426 bits per heavy atom. The molecular formula is C52H103N3O6. The Morgan fingerprint density at radius 3 is 1.15 bits per heavy atom. The van der Waals surface area contributed by atoms with Crippen molar-refractivity contribution >= 4 is 18.0 Å². The summed E-state index contributed by atoms with van der Waals surface area (Å²) in [4.78, 5) is 42.1. The molecule has 9 heteroatoms. The lowest BCUT2D eigenvalue weighted by Gasteiger charge is -2.19. The number of nitrogens with zero attached hydrogens (tertiary/aromatic N) is 2. The van der Waals surface area contributed by atoms with Crippen molar-refractivity contribution in [1.82, 2.24) is 15.1 Å². The summed E-state index contributed by atoms with van der Waals surface area (Å²) in [5, 5.41) is 2.92. The van der Waals surface area contributed by atoms with Gasteiger partial charge >= 0.3 is 18.0 Å². The van der Waals surface area contributed by atoms with Crippen LogP contribution >= 0.6 is 0 Å². The maximum absolute atomic E-state index is 12.8. The number of unbranched alkanes of at least 4 members (excludes halogenated alkanes) is 27. The van der Waals surface area contributed by atoms with Gasteiger partial charge in [-0.15, -0.1) is 0 Å². The molecule has 0 saturated heterocycles. The van der Waals surface area contributed by atoms with Gasteiger partial charge in [0.1, 0.15) is 6.10 Å². The van der Waals surface area contributed by atoms with Crippen molar-refractivity contribution < 1.29 is 28.6 Å². The van der Waals surface area contributed by atoms with Gasteiger partial charge < -0.3 is 29.3 Å². The van der Waals surface area contributed by atoms with Crippen LogP contribution in [0.3, 0.4) is 0 Å². The van der Waals surface area contributed by atoms with Gasteiger partial charge in [-0.2, -0.15) is 0 Å². The third-order valence-corrected chi connectivity index (χ3v) is 12.0. The van der Waals surface area contributed by atoms with E-state index in [1.165, 1.54) is 161 Å². The fourth-order valence-electron chi connectivity index (χ4n) is 7.98. The minimum atomic E-state index is -0.414. The molecule has 0 aromatic heterocycles. The van der Waals surface area contributed by atoms with Gasteiger partial charge in [-0.25, -0.2) is 4.79 Å². The monoisotopic (exact) mass is 866 g/mol. The Labute approximate surface area is 378 Å². The van der Waals surface area contributed by atoms with E-state index in [2.05, 4.69) is 50.1 Å². The van der Waals surface area contributed by atoms with Crippen molar-refractivity contribution in [3.63, 3.8) is 0 Å². The van der Waals surface area contributed by atoms with Crippen LogP contribution in [0.1, 0.15) is 251 Å². The first-order valence-electron chi connectivity index (χ1n) is 26.4. The summed E-state index contributed by atoms with van der Waals surface area (Å²) < 4.78 is 16.9. The summed E-state index contributed by atoms with van der Waals surface area (Å²) in [6.45, 7) is 8.83. The highest BCUT2D eigenvalue weighted by Crippen LogP contribution is 2.16. The van der Waals surface area contributed by atoms with Gasteiger partial charge in [0.25, 0.3) is 0 Å².